The molecule has 0 atom stereocenters. The lowest BCUT2D eigenvalue weighted by molar-refractivity contribution is -0.105. The molecule has 0 spiro atoms. The highest BCUT2D eigenvalue weighted by Gasteiger charge is 2.36. The van der Waals surface area contributed by atoms with E-state index in [0.29, 0.717) is 40.6 Å². The number of nitrogens with one attached hydrogen (secondary N) is 2. The standard InChI is InChI=1S/C36H30N4O3/c1-42-30-18-25(19-31(21-30)43-2)32-20-26-23-37-34(22-33(26)39-35(32)38-24-41)40-36(27-12-6-3-7-13-27,28-14-8-4-9-15-28)29-16-10-5-11-17-29/h3-24H,1-2H3,(H,37,40)(H,38,39,41). The second-order valence-electron chi connectivity index (χ2n) is 9.98. The van der Waals surface area contributed by atoms with Crippen molar-refractivity contribution < 1.29 is 14.3 Å². The molecule has 0 unspecified atom stereocenters. The van der Waals surface area contributed by atoms with Crippen LogP contribution in [0.25, 0.3) is 22.0 Å². The Morgan fingerprint density at radius 2 is 1.23 bits per heavy atom. The van der Waals surface area contributed by atoms with Gasteiger partial charge in [-0.3, -0.25) is 4.79 Å². The number of hydrogen-bond donors (Lipinski definition) is 2. The second-order valence-corrected chi connectivity index (χ2v) is 9.98. The summed E-state index contributed by atoms with van der Waals surface area (Å²) in [6.07, 6.45) is 2.42. The molecule has 6 aromatic rings. The van der Waals surface area contributed by atoms with Gasteiger partial charge in [0.2, 0.25) is 6.41 Å². The first-order valence-corrected chi connectivity index (χ1v) is 13.8. The maximum absolute atomic E-state index is 11.6. The summed E-state index contributed by atoms with van der Waals surface area (Å²) in [6.45, 7) is 0. The minimum Gasteiger partial charge on any atom is -0.497 e. The highest BCUT2D eigenvalue weighted by atomic mass is 16.5. The van der Waals surface area contributed by atoms with Crippen LogP contribution in [0.5, 0.6) is 11.5 Å². The lowest BCUT2D eigenvalue weighted by Gasteiger charge is -2.37. The van der Waals surface area contributed by atoms with E-state index in [9.17, 15) is 4.79 Å². The van der Waals surface area contributed by atoms with Crippen LogP contribution < -0.4 is 20.1 Å². The summed E-state index contributed by atoms with van der Waals surface area (Å²) in [5.41, 5.74) is 4.61. The molecule has 2 heterocycles. The molecule has 0 saturated carbocycles. The van der Waals surface area contributed by atoms with Crippen LogP contribution >= 0.6 is 0 Å². The Labute approximate surface area is 250 Å². The van der Waals surface area contributed by atoms with Gasteiger partial charge in [-0.2, -0.15) is 0 Å². The Bertz CT molecular complexity index is 1740. The number of methoxy groups -OCH3 is 2. The molecule has 43 heavy (non-hydrogen) atoms. The van der Waals surface area contributed by atoms with Crippen molar-refractivity contribution in [3.05, 3.63) is 144 Å². The number of aromatic nitrogens is 2. The molecule has 0 radical (unpaired) electrons. The van der Waals surface area contributed by atoms with Gasteiger partial charge in [0.25, 0.3) is 0 Å². The lowest BCUT2D eigenvalue weighted by atomic mass is 9.77. The van der Waals surface area contributed by atoms with Crippen molar-refractivity contribution in [1.82, 2.24) is 9.97 Å². The van der Waals surface area contributed by atoms with Crippen LogP contribution in [-0.2, 0) is 10.3 Å². The Kier molecular flexibility index (Phi) is 7.70. The Morgan fingerprint density at radius 3 is 1.72 bits per heavy atom. The van der Waals surface area contributed by atoms with E-state index in [-0.39, 0.29) is 0 Å². The maximum atomic E-state index is 11.6. The molecule has 0 fully saturated rings. The quantitative estimate of drug-likeness (QED) is 0.134. The molecule has 1 amide bonds. The van der Waals surface area contributed by atoms with Crippen LogP contribution in [0.3, 0.4) is 0 Å². The van der Waals surface area contributed by atoms with E-state index in [1.54, 1.807) is 26.5 Å². The number of nitrogens with zero attached hydrogens (tertiary/aromatic N) is 2. The van der Waals surface area contributed by atoms with Gasteiger partial charge < -0.3 is 20.1 Å². The van der Waals surface area contributed by atoms with Gasteiger partial charge in [0.15, 0.2) is 0 Å². The number of carbonyl (C=O) groups excluding carboxylic acids is 1. The average Bonchev–Trinajstić information content (AvgIpc) is 3.08. The third kappa shape index (κ3) is 5.36. The lowest BCUT2D eigenvalue weighted by Crippen LogP contribution is -2.38. The summed E-state index contributed by atoms with van der Waals surface area (Å²) < 4.78 is 10.9. The minimum absolute atomic E-state index is 0.412. The Hall–Kier alpha value is -5.69. The van der Waals surface area contributed by atoms with Crippen molar-refractivity contribution >= 4 is 28.9 Å². The molecule has 7 heteroatoms. The summed E-state index contributed by atoms with van der Waals surface area (Å²) in [6, 6.07) is 40.4. The van der Waals surface area contributed by atoms with Crippen LogP contribution in [-0.4, -0.2) is 30.6 Å². The van der Waals surface area contributed by atoms with E-state index in [4.69, 9.17) is 19.4 Å². The first-order valence-electron chi connectivity index (χ1n) is 13.8. The van der Waals surface area contributed by atoms with Crippen molar-refractivity contribution in [1.29, 1.82) is 0 Å². The molecule has 2 aromatic heterocycles. The van der Waals surface area contributed by atoms with E-state index >= 15 is 0 Å². The molecule has 2 N–H and O–H groups in total. The zero-order valence-corrected chi connectivity index (χ0v) is 23.8. The summed E-state index contributed by atoms with van der Waals surface area (Å²) in [4.78, 5) is 21.4. The zero-order chi connectivity index (χ0) is 29.6. The Balaban J connectivity index is 1.51. The van der Waals surface area contributed by atoms with Gasteiger partial charge in [-0.05, 0) is 40.5 Å². The average molecular weight is 567 g/mol. The minimum atomic E-state index is -0.745. The molecule has 4 aromatic carbocycles. The van der Waals surface area contributed by atoms with Crippen molar-refractivity contribution in [2.24, 2.45) is 0 Å². The molecule has 0 saturated heterocycles. The van der Waals surface area contributed by atoms with E-state index in [0.717, 1.165) is 27.6 Å². The van der Waals surface area contributed by atoms with Gasteiger partial charge in [-0.25, -0.2) is 9.97 Å². The van der Waals surface area contributed by atoms with E-state index in [1.165, 1.54) is 0 Å². The molecular formula is C36H30N4O3. The molecule has 0 aliphatic carbocycles. The summed E-state index contributed by atoms with van der Waals surface area (Å²) >= 11 is 0. The fraction of sp³-hybridized carbons (Fsp3) is 0.0833. The van der Waals surface area contributed by atoms with Crippen LogP contribution in [0.2, 0.25) is 0 Å². The second kappa shape index (κ2) is 12.0. The third-order valence-electron chi connectivity index (χ3n) is 7.49. The zero-order valence-electron chi connectivity index (χ0n) is 23.8. The monoisotopic (exact) mass is 566 g/mol. The van der Waals surface area contributed by atoms with E-state index < -0.39 is 5.54 Å². The van der Waals surface area contributed by atoms with Gasteiger partial charge in [0.05, 0.1) is 19.7 Å². The fourth-order valence-electron chi connectivity index (χ4n) is 5.46. The number of anilines is 2. The van der Waals surface area contributed by atoms with Gasteiger partial charge >= 0.3 is 0 Å². The molecule has 7 nitrogen and oxygen atoms in total. The topological polar surface area (TPSA) is 85.4 Å². The van der Waals surface area contributed by atoms with Crippen LogP contribution in [0, 0.1) is 0 Å². The van der Waals surface area contributed by atoms with Crippen molar-refractivity contribution in [3.63, 3.8) is 0 Å². The number of rotatable bonds is 10. The van der Waals surface area contributed by atoms with E-state index in [2.05, 4.69) is 47.0 Å². The normalized spacial score (nSPS) is 11.1. The molecule has 6 rings (SSSR count). The number of benzene rings is 4. The van der Waals surface area contributed by atoms with Gasteiger partial charge in [-0.1, -0.05) is 91.0 Å². The molecule has 0 bridgehead atoms. The van der Waals surface area contributed by atoms with Crippen molar-refractivity contribution in [3.8, 4) is 22.6 Å². The molecule has 212 valence electrons. The largest absolute Gasteiger partial charge is 0.497 e. The SMILES string of the molecule is COc1cc(OC)cc(-c2cc3cnc(NC(c4ccccc4)(c4ccccc4)c4ccccc4)cc3nc2NC=O)c1. The first-order chi connectivity index (χ1) is 21.1. The number of amides is 1. The van der Waals surface area contributed by atoms with Gasteiger partial charge in [0, 0.05) is 29.3 Å². The predicted octanol–water partition coefficient (Wildman–Crippen LogP) is 7.29. The van der Waals surface area contributed by atoms with Crippen LogP contribution in [0.1, 0.15) is 16.7 Å². The smallest absolute Gasteiger partial charge is 0.212 e. The number of carbonyl (C=O) groups is 1. The maximum Gasteiger partial charge on any atom is 0.212 e. The molecule has 0 aliphatic heterocycles. The molecular weight excluding hydrogens is 536 g/mol. The summed E-state index contributed by atoms with van der Waals surface area (Å²) in [5, 5.41) is 7.37. The van der Waals surface area contributed by atoms with Crippen LogP contribution in [0.15, 0.2) is 128 Å². The highest BCUT2D eigenvalue weighted by Crippen LogP contribution is 2.40. The number of pyridine rings is 2. The van der Waals surface area contributed by atoms with Crippen molar-refractivity contribution in [2.75, 3.05) is 24.9 Å². The number of ether oxygens (including phenoxy) is 2. The predicted molar refractivity (Wildman–Crippen MR) is 171 cm³/mol. The number of fused-ring (bicyclic) bond motifs is 1. The van der Waals surface area contributed by atoms with E-state index in [1.807, 2.05) is 78.9 Å². The van der Waals surface area contributed by atoms with Gasteiger partial charge in [-0.15, -0.1) is 0 Å². The summed E-state index contributed by atoms with van der Waals surface area (Å²) in [7, 11) is 3.20. The van der Waals surface area contributed by atoms with Crippen molar-refractivity contribution in [2.45, 2.75) is 5.54 Å². The highest BCUT2D eigenvalue weighted by molar-refractivity contribution is 5.93. The van der Waals surface area contributed by atoms with Crippen LogP contribution in [0.4, 0.5) is 11.6 Å². The Morgan fingerprint density at radius 1 is 0.698 bits per heavy atom. The first kappa shape index (κ1) is 27.5. The van der Waals surface area contributed by atoms with Gasteiger partial charge in [0.1, 0.15) is 28.7 Å². The third-order valence-corrected chi connectivity index (χ3v) is 7.49. The number of hydrogen-bond acceptors (Lipinski definition) is 6. The fourth-order valence-corrected chi connectivity index (χ4v) is 5.46. The summed E-state index contributed by atoms with van der Waals surface area (Å²) in [5.74, 6) is 2.30. The molecule has 0 aliphatic rings.